The van der Waals surface area contributed by atoms with Crippen molar-refractivity contribution in [2.45, 2.75) is 71.1 Å². The van der Waals surface area contributed by atoms with Gasteiger partial charge in [0.1, 0.15) is 13.1 Å². The first kappa shape index (κ1) is 25.8. The third kappa shape index (κ3) is 18.9. The van der Waals surface area contributed by atoms with Gasteiger partial charge < -0.3 is 44.2 Å². The Hall–Kier alpha value is 0.880. The molecule has 0 saturated heterocycles. The number of likely N-dealkylation sites (N-methyl/N-ethyl adjacent to an activating group) is 1. The summed E-state index contributed by atoms with van der Waals surface area (Å²) in [5.74, 6) is 0. The van der Waals surface area contributed by atoms with E-state index in [1.807, 2.05) is 0 Å². The van der Waals surface area contributed by atoms with E-state index in [4.69, 9.17) is 0 Å². The van der Waals surface area contributed by atoms with E-state index in [1.54, 1.807) is 0 Å². The molecular weight excluding hydrogens is 380 g/mol. The summed E-state index contributed by atoms with van der Waals surface area (Å²) >= 11 is 0. The van der Waals surface area contributed by atoms with Gasteiger partial charge in [-0.3, -0.25) is 0 Å². The van der Waals surface area contributed by atoms with Crippen LogP contribution < -0.4 is 39.7 Å². The average Bonchev–Trinajstić information content (AvgIpc) is 2.31. The minimum atomic E-state index is 0. The van der Waals surface area contributed by atoms with Crippen LogP contribution in [0.3, 0.4) is 0 Å². The highest BCUT2D eigenvalue weighted by Gasteiger charge is 2.13. The van der Waals surface area contributed by atoms with Gasteiger partial charge in [-0.25, -0.2) is 0 Å². The first-order valence-corrected chi connectivity index (χ1v) is 8.23. The van der Waals surface area contributed by atoms with Crippen molar-refractivity contribution in [3.63, 3.8) is 0 Å². The Balaban J connectivity index is -0.00000144. The number of nitrogens with zero attached hydrogens (tertiary/aromatic N) is 1. The molecular formula is C16H38Br2N2. The molecule has 0 atom stereocenters. The fraction of sp³-hybridized carbons (Fsp3) is 1.00. The summed E-state index contributed by atoms with van der Waals surface area (Å²) < 4.78 is 1.15. The molecule has 0 aliphatic heterocycles. The molecule has 20 heavy (non-hydrogen) atoms. The van der Waals surface area contributed by atoms with E-state index in [0.29, 0.717) is 0 Å². The molecule has 0 aliphatic rings. The lowest BCUT2D eigenvalue weighted by molar-refractivity contribution is -0.895. The van der Waals surface area contributed by atoms with Gasteiger partial charge >= 0.3 is 0 Å². The summed E-state index contributed by atoms with van der Waals surface area (Å²) in [5.41, 5.74) is 3.95. The molecule has 3 N–H and O–H groups in total. The Morgan fingerprint density at radius 3 is 1.45 bits per heavy atom. The van der Waals surface area contributed by atoms with Gasteiger partial charge in [-0.15, -0.1) is 0 Å². The molecule has 0 aromatic rings. The highest BCUT2D eigenvalue weighted by atomic mass is 79.9. The fourth-order valence-electron chi connectivity index (χ4n) is 2.57. The van der Waals surface area contributed by atoms with Crippen molar-refractivity contribution in [1.82, 2.24) is 0 Å². The molecule has 0 aromatic heterocycles. The first-order valence-electron chi connectivity index (χ1n) is 8.23. The lowest BCUT2D eigenvalue weighted by atomic mass is 10.1. The highest BCUT2D eigenvalue weighted by Crippen LogP contribution is 2.11. The van der Waals surface area contributed by atoms with E-state index in [2.05, 4.69) is 26.8 Å². The van der Waals surface area contributed by atoms with Crippen molar-refractivity contribution in [2.75, 3.05) is 33.7 Å². The maximum Gasteiger partial charge on any atom is 0.128 e. The monoisotopic (exact) mass is 416 g/mol. The van der Waals surface area contributed by atoms with Crippen LogP contribution in [0.2, 0.25) is 0 Å². The Morgan fingerprint density at radius 2 is 1.05 bits per heavy atom. The van der Waals surface area contributed by atoms with Crippen LogP contribution in [0.4, 0.5) is 0 Å². The van der Waals surface area contributed by atoms with Gasteiger partial charge in [-0.1, -0.05) is 58.3 Å². The minimum absolute atomic E-state index is 0. The SMILES string of the molecule is CCCCCCCCCCCC[N+](C)(C)CC[NH3+].[Br-].[Br-]. The third-order valence-electron chi connectivity index (χ3n) is 3.88. The number of rotatable bonds is 13. The van der Waals surface area contributed by atoms with Crippen LogP contribution in [-0.4, -0.2) is 38.2 Å². The van der Waals surface area contributed by atoms with Crippen molar-refractivity contribution in [1.29, 1.82) is 0 Å². The second kappa shape index (κ2) is 17.9. The van der Waals surface area contributed by atoms with Crippen LogP contribution in [0.1, 0.15) is 71.1 Å². The van der Waals surface area contributed by atoms with Crippen LogP contribution >= 0.6 is 0 Å². The second-order valence-corrected chi connectivity index (χ2v) is 6.42. The van der Waals surface area contributed by atoms with E-state index in [9.17, 15) is 0 Å². The molecule has 0 aliphatic carbocycles. The van der Waals surface area contributed by atoms with Gasteiger partial charge in [0.05, 0.1) is 20.6 Å². The second-order valence-electron chi connectivity index (χ2n) is 6.42. The van der Waals surface area contributed by atoms with Crippen molar-refractivity contribution in [3.8, 4) is 0 Å². The summed E-state index contributed by atoms with van der Waals surface area (Å²) in [4.78, 5) is 0. The Bertz CT molecular complexity index is 176. The maximum atomic E-state index is 3.95. The van der Waals surface area contributed by atoms with Gasteiger partial charge in [-0.2, -0.15) is 0 Å². The predicted molar refractivity (Wildman–Crippen MR) is 81.4 cm³/mol. The molecule has 0 radical (unpaired) electrons. The van der Waals surface area contributed by atoms with E-state index >= 15 is 0 Å². The zero-order valence-corrected chi connectivity index (χ0v) is 17.3. The minimum Gasteiger partial charge on any atom is -1.00 e. The zero-order valence-electron chi connectivity index (χ0n) is 14.1. The quantitative estimate of drug-likeness (QED) is 0.248. The number of unbranched alkanes of at least 4 members (excludes halogenated alkanes) is 9. The summed E-state index contributed by atoms with van der Waals surface area (Å²) in [6.45, 7) is 5.89. The van der Waals surface area contributed by atoms with Crippen LogP contribution in [-0.2, 0) is 0 Å². The average molecular weight is 418 g/mol. The molecule has 0 spiro atoms. The van der Waals surface area contributed by atoms with Crippen LogP contribution in [0.25, 0.3) is 0 Å². The van der Waals surface area contributed by atoms with E-state index in [0.717, 1.165) is 11.0 Å². The molecule has 0 bridgehead atoms. The molecule has 2 nitrogen and oxygen atoms in total. The largest absolute Gasteiger partial charge is 1.00 e. The van der Waals surface area contributed by atoms with E-state index < -0.39 is 0 Å². The van der Waals surface area contributed by atoms with Crippen molar-refractivity contribution >= 4 is 0 Å². The molecule has 0 rings (SSSR count). The normalized spacial score (nSPS) is 10.8. The van der Waals surface area contributed by atoms with Crippen molar-refractivity contribution in [2.24, 2.45) is 0 Å². The number of hydrogen-bond donors (Lipinski definition) is 1. The molecule has 0 unspecified atom stereocenters. The van der Waals surface area contributed by atoms with Crippen LogP contribution in [0, 0.1) is 0 Å². The highest BCUT2D eigenvalue weighted by molar-refractivity contribution is 4.47. The Labute approximate surface area is 149 Å². The van der Waals surface area contributed by atoms with E-state index in [-0.39, 0.29) is 34.0 Å². The maximum absolute atomic E-state index is 3.95. The first-order chi connectivity index (χ1) is 8.62. The molecule has 0 amide bonds. The Morgan fingerprint density at radius 1 is 0.650 bits per heavy atom. The van der Waals surface area contributed by atoms with Gasteiger partial charge in [0.15, 0.2) is 0 Å². The molecule has 0 heterocycles. The number of quaternary nitrogens is 2. The smallest absolute Gasteiger partial charge is 0.128 e. The zero-order chi connectivity index (χ0) is 13.7. The standard InChI is InChI=1S/C16H37N2.2BrH/c1-4-5-6-7-8-9-10-11-12-13-15-18(2,3)16-14-17;;/h4-17H2,1-3H3;2*1H/q+1;;/p-1. The summed E-state index contributed by atoms with van der Waals surface area (Å²) in [6, 6.07) is 0. The molecule has 0 saturated carbocycles. The van der Waals surface area contributed by atoms with Crippen molar-refractivity contribution in [3.05, 3.63) is 0 Å². The molecule has 126 valence electrons. The van der Waals surface area contributed by atoms with Gasteiger partial charge in [0, 0.05) is 0 Å². The molecule has 4 heteroatoms. The molecule has 0 fully saturated rings. The van der Waals surface area contributed by atoms with Gasteiger partial charge in [-0.05, 0) is 12.8 Å². The van der Waals surface area contributed by atoms with E-state index in [1.165, 1.54) is 77.3 Å². The Kier molecular flexibility index (Phi) is 23.1. The van der Waals surface area contributed by atoms with Crippen LogP contribution in [0.5, 0.6) is 0 Å². The lowest BCUT2D eigenvalue weighted by Gasteiger charge is -2.28. The van der Waals surface area contributed by atoms with Crippen LogP contribution in [0.15, 0.2) is 0 Å². The number of hydrogen-bond acceptors (Lipinski definition) is 0. The van der Waals surface area contributed by atoms with Gasteiger partial charge in [0.25, 0.3) is 0 Å². The molecule has 0 aromatic carbocycles. The summed E-state index contributed by atoms with van der Waals surface area (Å²) in [7, 11) is 4.66. The third-order valence-corrected chi connectivity index (χ3v) is 3.88. The summed E-state index contributed by atoms with van der Waals surface area (Å²) in [6.07, 6.45) is 14.3. The number of halogens is 2. The topological polar surface area (TPSA) is 27.6 Å². The van der Waals surface area contributed by atoms with Gasteiger partial charge in [0.2, 0.25) is 0 Å². The fourth-order valence-corrected chi connectivity index (χ4v) is 2.57. The lowest BCUT2D eigenvalue weighted by Crippen LogP contribution is -3.00. The predicted octanol–water partition coefficient (Wildman–Crippen LogP) is -2.77. The van der Waals surface area contributed by atoms with Crippen molar-refractivity contribution < 1.29 is 44.2 Å². The summed E-state index contributed by atoms with van der Waals surface area (Å²) in [5, 5.41) is 0.